The van der Waals surface area contributed by atoms with Crippen LogP contribution in [0, 0.1) is 16.2 Å². The monoisotopic (exact) mass is 348 g/mol. The van der Waals surface area contributed by atoms with Gasteiger partial charge in [0.2, 0.25) is 0 Å². The first-order valence-corrected chi connectivity index (χ1v) is 8.22. The Morgan fingerprint density at radius 2 is 1.38 bits per heavy atom. The van der Waals surface area contributed by atoms with Crippen molar-refractivity contribution >= 4 is 31.9 Å². The van der Waals surface area contributed by atoms with Gasteiger partial charge >= 0.3 is 0 Å². The predicted octanol–water partition coefficient (Wildman–Crippen LogP) is 5.28. The molecule has 0 N–H and O–H groups in total. The smallest absolute Gasteiger partial charge is 0.0274 e. The predicted molar refractivity (Wildman–Crippen MR) is 76.4 cm³/mol. The molecule has 4 saturated carbocycles. The van der Waals surface area contributed by atoms with Crippen LogP contribution in [0.1, 0.15) is 59.3 Å². The molecule has 0 radical (unpaired) electrons. The molecule has 0 heterocycles. The van der Waals surface area contributed by atoms with Crippen molar-refractivity contribution in [3.05, 3.63) is 0 Å². The van der Waals surface area contributed by atoms with Gasteiger partial charge in [-0.1, -0.05) is 52.6 Å². The zero-order valence-electron chi connectivity index (χ0n) is 10.6. The summed E-state index contributed by atoms with van der Waals surface area (Å²) in [5.74, 6) is 0. The molecule has 4 aliphatic rings. The molecule has 0 aliphatic heterocycles. The van der Waals surface area contributed by atoms with Crippen molar-refractivity contribution in [2.24, 2.45) is 16.2 Å². The highest BCUT2D eigenvalue weighted by atomic mass is 79.9. The SMILES string of the molecule is C[C@H](Br)C12CC3(Br)C[C@@](C)(C1)C[C@@](C)(C3)C2. The lowest BCUT2D eigenvalue weighted by Crippen LogP contribution is -2.62. The van der Waals surface area contributed by atoms with E-state index in [1.54, 1.807) is 0 Å². The van der Waals surface area contributed by atoms with E-state index in [1.165, 1.54) is 38.5 Å². The van der Waals surface area contributed by atoms with Gasteiger partial charge in [-0.2, -0.15) is 0 Å². The highest BCUT2D eigenvalue weighted by Crippen LogP contribution is 2.74. The summed E-state index contributed by atoms with van der Waals surface area (Å²) < 4.78 is 0.452. The molecule has 3 atom stereocenters. The maximum absolute atomic E-state index is 4.11. The van der Waals surface area contributed by atoms with Crippen LogP contribution in [-0.4, -0.2) is 9.15 Å². The fourth-order valence-electron chi connectivity index (χ4n) is 6.06. The van der Waals surface area contributed by atoms with Crippen molar-refractivity contribution in [2.75, 3.05) is 0 Å². The van der Waals surface area contributed by atoms with Gasteiger partial charge in [-0.05, 0) is 54.8 Å². The van der Waals surface area contributed by atoms with Crippen LogP contribution in [-0.2, 0) is 0 Å². The van der Waals surface area contributed by atoms with E-state index in [0.29, 0.717) is 25.4 Å². The van der Waals surface area contributed by atoms with Crippen molar-refractivity contribution in [1.82, 2.24) is 0 Å². The Morgan fingerprint density at radius 1 is 0.875 bits per heavy atom. The highest BCUT2D eigenvalue weighted by Gasteiger charge is 2.65. The maximum Gasteiger partial charge on any atom is 0.0274 e. The fourth-order valence-corrected chi connectivity index (χ4v) is 8.46. The van der Waals surface area contributed by atoms with Gasteiger partial charge in [-0.3, -0.25) is 0 Å². The van der Waals surface area contributed by atoms with E-state index < -0.39 is 0 Å². The largest absolute Gasteiger partial charge is 0.0888 e. The van der Waals surface area contributed by atoms with E-state index in [9.17, 15) is 0 Å². The van der Waals surface area contributed by atoms with Crippen LogP contribution >= 0.6 is 31.9 Å². The third kappa shape index (κ3) is 1.58. The van der Waals surface area contributed by atoms with Crippen molar-refractivity contribution in [1.29, 1.82) is 0 Å². The lowest BCUT2D eigenvalue weighted by molar-refractivity contribution is -0.127. The summed E-state index contributed by atoms with van der Waals surface area (Å²) in [5, 5.41) is 0. The number of rotatable bonds is 1. The Morgan fingerprint density at radius 3 is 1.75 bits per heavy atom. The first-order valence-electron chi connectivity index (χ1n) is 6.52. The van der Waals surface area contributed by atoms with Gasteiger partial charge in [0.25, 0.3) is 0 Å². The summed E-state index contributed by atoms with van der Waals surface area (Å²) >= 11 is 8.02. The maximum atomic E-state index is 4.11. The average molecular weight is 350 g/mol. The second-order valence-corrected chi connectivity index (χ2v) is 10.9. The average Bonchev–Trinajstić information content (AvgIpc) is 1.92. The van der Waals surface area contributed by atoms with Crippen LogP contribution in [0.2, 0.25) is 0 Å². The molecule has 0 aromatic heterocycles. The first kappa shape index (κ1) is 12.0. The van der Waals surface area contributed by atoms with Gasteiger partial charge in [-0.15, -0.1) is 0 Å². The molecule has 4 rings (SSSR count). The van der Waals surface area contributed by atoms with E-state index in [0.717, 1.165) is 0 Å². The number of hydrogen-bond donors (Lipinski definition) is 0. The summed E-state index contributed by atoms with van der Waals surface area (Å²) in [6.07, 6.45) is 8.52. The van der Waals surface area contributed by atoms with Gasteiger partial charge in [0, 0.05) is 9.15 Å². The van der Waals surface area contributed by atoms with Crippen molar-refractivity contribution in [3.8, 4) is 0 Å². The number of alkyl halides is 2. The molecule has 0 amide bonds. The van der Waals surface area contributed by atoms with E-state index in [-0.39, 0.29) is 0 Å². The molecule has 0 spiro atoms. The van der Waals surface area contributed by atoms with E-state index in [4.69, 9.17) is 0 Å². The van der Waals surface area contributed by atoms with E-state index >= 15 is 0 Å². The van der Waals surface area contributed by atoms with Crippen LogP contribution in [0.3, 0.4) is 0 Å². The van der Waals surface area contributed by atoms with Gasteiger partial charge < -0.3 is 0 Å². The zero-order chi connectivity index (χ0) is 11.8. The quantitative estimate of drug-likeness (QED) is 0.564. The van der Waals surface area contributed by atoms with Gasteiger partial charge in [-0.25, -0.2) is 0 Å². The molecule has 4 bridgehead atoms. The Bertz CT molecular complexity index is 280. The van der Waals surface area contributed by atoms with Crippen molar-refractivity contribution in [3.63, 3.8) is 0 Å². The lowest BCUT2D eigenvalue weighted by atomic mass is 9.40. The summed E-state index contributed by atoms with van der Waals surface area (Å²) in [6, 6.07) is 0. The first-order chi connectivity index (χ1) is 7.19. The van der Waals surface area contributed by atoms with Crippen LogP contribution < -0.4 is 0 Å². The van der Waals surface area contributed by atoms with Crippen molar-refractivity contribution < 1.29 is 0 Å². The number of halogens is 2. The van der Waals surface area contributed by atoms with E-state index in [1.807, 2.05) is 0 Å². The molecule has 0 saturated heterocycles. The summed E-state index contributed by atoms with van der Waals surface area (Å²) in [4.78, 5) is 0.663. The Labute approximate surface area is 116 Å². The van der Waals surface area contributed by atoms with Crippen molar-refractivity contribution in [2.45, 2.75) is 68.4 Å². The second kappa shape index (κ2) is 3.10. The van der Waals surface area contributed by atoms with Gasteiger partial charge in [0.15, 0.2) is 0 Å². The Balaban J connectivity index is 2.07. The van der Waals surface area contributed by atoms with Crippen LogP contribution in [0.5, 0.6) is 0 Å². The summed E-state index contributed by atoms with van der Waals surface area (Å²) in [7, 11) is 0. The molecule has 0 nitrogen and oxygen atoms in total. The van der Waals surface area contributed by atoms with Crippen LogP contribution in [0.15, 0.2) is 0 Å². The van der Waals surface area contributed by atoms with Crippen LogP contribution in [0.25, 0.3) is 0 Å². The Kier molecular flexibility index (Phi) is 2.33. The minimum Gasteiger partial charge on any atom is -0.0888 e. The normalized spacial score (nSPS) is 61.3. The Hall–Kier alpha value is 0.960. The molecule has 2 heteroatoms. The molecule has 0 aromatic rings. The van der Waals surface area contributed by atoms with Gasteiger partial charge in [0.1, 0.15) is 0 Å². The van der Waals surface area contributed by atoms with E-state index in [2.05, 4.69) is 52.6 Å². The second-order valence-electron chi connectivity index (χ2n) is 7.81. The molecule has 4 fully saturated rings. The van der Waals surface area contributed by atoms with Gasteiger partial charge in [0.05, 0.1) is 0 Å². The zero-order valence-corrected chi connectivity index (χ0v) is 13.7. The summed E-state index contributed by atoms with van der Waals surface area (Å²) in [5.41, 5.74) is 1.74. The topological polar surface area (TPSA) is 0 Å². The molecular formula is C14H22Br2. The molecule has 92 valence electrons. The third-order valence-corrected chi connectivity index (χ3v) is 7.22. The molecule has 0 unspecified atom stereocenters. The summed E-state index contributed by atoms with van der Waals surface area (Å²) in [6.45, 7) is 7.43. The fraction of sp³-hybridized carbons (Fsp3) is 1.00. The molecule has 4 aliphatic carbocycles. The minimum absolute atomic E-state index is 0.452. The molecular weight excluding hydrogens is 328 g/mol. The van der Waals surface area contributed by atoms with Crippen LogP contribution in [0.4, 0.5) is 0 Å². The molecule has 16 heavy (non-hydrogen) atoms. The number of hydrogen-bond acceptors (Lipinski definition) is 0. The molecule has 0 aromatic carbocycles. The standard InChI is InChI=1S/C14H22Br2/c1-10(15)13-5-11(2)4-12(3,6-13)8-14(16,7-11)9-13/h10H,4-9H2,1-3H3/t10-,11+,12+,13?,14?/m0/s1. The minimum atomic E-state index is 0.452. The highest BCUT2D eigenvalue weighted by molar-refractivity contribution is 9.10. The lowest BCUT2D eigenvalue weighted by Gasteiger charge is -2.69. The third-order valence-electron chi connectivity index (χ3n) is 5.41.